The van der Waals surface area contributed by atoms with Gasteiger partial charge in [0.1, 0.15) is 0 Å². The first-order chi connectivity index (χ1) is 11.6. The van der Waals surface area contributed by atoms with Crippen LogP contribution in [0.25, 0.3) is 0 Å². The largest absolute Gasteiger partial charge is 0.396 e. The van der Waals surface area contributed by atoms with Crippen molar-refractivity contribution in [2.75, 3.05) is 19.7 Å². The van der Waals surface area contributed by atoms with Gasteiger partial charge in [-0.1, -0.05) is 26.0 Å². The first kappa shape index (κ1) is 20.0. The van der Waals surface area contributed by atoms with Crippen molar-refractivity contribution in [1.82, 2.24) is 10.6 Å². The standard InChI is InChI=1S/C19H30N4O/c1-4-19(5-2,11-12-24)15-23-18(21-6-3)22-14-17-9-7-16(13-20)8-10-17/h7-10,24H,4-6,11-12,14-15H2,1-3H3,(H2,21,22,23). The second-order valence-electron chi connectivity index (χ2n) is 6.04. The maximum atomic E-state index is 9.33. The lowest BCUT2D eigenvalue weighted by Gasteiger charge is -2.32. The predicted molar refractivity (Wildman–Crippen MR) is 98.7 cm³/mol. The molecular weight excluding hydrogens is 300 g/mol. The molecule has 0 bridgehead atoms. The minimum atomic E-state index is 0.0966. The molecule has 24 heavy (non-hydrogen) atoms. The highest BCUT2D eigenvalue weighted by Crippen LogP contribution is 2.29. The van der Waals surface area contributed by atoms with Crippen molar-refractivity contribution < 1.29 is 5.11 Å². The quantitative estimate of drug-likeness (QED) is 0.480. The summed E-state index contributed by atoms with van der Waals surface area (Å²) < 4.78 is 0. The number of hydrogen-bond acceptors (Lipinski definition) is 3. The van der Waals surface area contributed by atoms with Crippen molar-refractivity contribution in [2.45, 2.75) is 46.6 Å². The average molecular weight is 330 g/mol. The van der Waals surface area contributed by atoms with Crippen molar-refractivity contribution in [3.05, 3.63) is 35.4 Å². The van der Waals surface area contributed by atoms with E-state index in [0.29, 0.717) is 12.1 Å². The van der Waals surface area contributed by atoms with Crippen LogP contribution in [0.15, 0.2) is 29.3 Å². The molecule has 0 aliphatic rings. The molecule has 0 atom stereocenters. The van der Waals surface area contributed by atoms with E-state index in [1.165, 1.54) is 0 Å². The number of nitrogens with zero attached hydrogens (tertiary/aromatic N) is 2. The molecule has 1 aromatic rings. The van der Waals surface area contributed by atoms with Crippen LogP contribution in [0.2, 0.25) is 0 Å². The lowest BCUT2D eigenvalue weighted by molar-refractivity contribution is 0.169. The Morgan fingerprint density at radius 1 is 1.17 bits per heavy atom. The van der Waals surface area contributed by atoms with Crippen LogP contribution < -0.4 is 10.6 Å². The van der Waals surface area contributed by atoms with Crippen LogP contribution >= 0.6 is 0 Å². The highest BCUT2D eigenvalue weighted by Gasteiger charge is 2.25. The van der Waals surface area contributed by atoms with Crippen LogP contribution in [0.1, 0.15) is 51.2 Å². The zero-order valence-electron chi connectivity index (χ0n) is 15.1. The number of aliphatic hydroxyl groups excluding tert-OH is 1. The Kier molecular flexibility index (Phi) is 8.88. The summed E-state index contributed by atoms with van der Waals surface area (Å²) in [5, 5.41) is 24.8. The van der Waals surface area contributed by atoms with Crippen LogP contribution in [0.5, 0.6) is 0 Å². The smallest absolute Gasteiger partial charge is 0.191 e. The molecule has 0 unspecified atom stereocenters. The number of nitrogens with one attached hydrogen (secondary N) is 2. The maximum Gasteiger partial charge on any atom is 0.191 e. The fourth-order valence-electron chi connectivity index (χ4n) is 2.65. The molecule has 0 amide bonds. The number of aliphatic hydroxyl groups is 1. The molecule has 3 N–H and O–H groups in total. The molecule has 0 aliphatic carbocycles. The number of rotatable bonds is 9. The third kappa shape index (κ3) is 6.21. The van der Waals surface area contributed by atoms with Gasteiger partial charge in [0, 0.05) is 19.7 Å². The highest BCUT2D eigenvalue weighted by atomic mass is 16.3. The van der Waals surface area contributed by atoms with Crippen LogP contribution in [0, 0.1) is 16.7 Å². The van der Waals surface area contributed by atoms with E-state index < -0.39 is 0 Å². The Hall–Kier alpha value is -2.06. The SMILES string of the molecule is CCNC(=NCc1ccc(C#N)cc1)NCC(CC)(CC)CCO. The Morgan fingerprint density at radius 2 is 1.83 bits per heavy atom. The second-order valence-corrected chi connectivity index (χ2v) is 6.04. The minimum absolute atomic E-state index is 0.0966. The van der Waals surface area contributed by atoms with Crippen LogP contribution in [0.4, 0.5) is 0 Å². The summed E-state index contributed by atoms with van der Waals surface area (Å²) >= 11 is 0. The van der Waals surface area contributed by atoms with Gasteiger partial charge in [-0.15, -0.1) is 0 Å². The Balaban J connectivity index is 2.72. The summed E-state index contributed by atoms with van der Waals surface area (Å²) in [6.45, 7) is 8.74. The maximum absolute atomic E-state index is 9.33. The van der Waals surface area contributed by atoms with Gasteiger partial charge in [-0.05, 0) is 49.3 Å². The molecule has 0 saturated heterocycles. The molecule has 0 fully saturated rings. The third-order valence-electron chi connectivity index (χ3n) is 4.62. The first-order valence-corrected chi connectivity index (χ1v) is 8.75. The van der Waals surface area contributed by atoms with Gasteiger partial charge in [-0.25, -0.2) is 4.99 Å². The van der Waals surface area contributed by atoms with E-state index in [1.807, 2.05) is 31.2 Å². The molecule has 132 valence electrons. The third-order valence-corrected chi connectivity index (χ3v) is 4.62. The van der Waals surface area contributed by atoms with Crippen LogP contribution in [-0.2, 0) is 6.54 Å². The molecular formula is C19H30N4O. The van der Waals surface area contributed by atoms with Gasteiger partial charge >= 0.3 is 0 Å². The van der Waals surface area contributed by atoms with Gasteiger partial charge in [0.25, 0.3) is 0 Å². The van der Waals surface area contributed by atoms with Crippen molar-refractivity contribution in [3.8, 4) is 6.07 Å². The fraction of sp³-hybridized carbons (Fsp3) is 0.579. The van der Waals surface area contributed by atoms with Gasteiger partial charge in [0.15, 0.2) is 5.96 Å². The molecule has 0 aromatic heterocycles. The molecule has 0 saturated carbocycles. The van der Waals surface area contributed by atoms with Crippen molar-refractivity contribution in [1.29, 1.82) is 5.26 Å². The Labute approximate surface area is 145 Å². The molecule has 5 nitrogen and oxygen atoms in total. The first-order valence-electron chi connectivity index (χ1n) is 8.75. The summed E-state index contributed by atoms with van der Waals surface area (Å²) in [5.41, 5.74) is 1.82. The van der Waals surface area contributed by atoms with Gasteiger partial charge < -0.3 is 15.7 Å². The van der Waals surface area contributed by atoms with E-state index in [4.69, 9.17) is 5.26 Å². The lowest BCUT2D eigenvalue weighted by atomic mass is 9.79. The van der Waals surface area contributed by atoms with Gasteiger partial charge in [-0.2, -0.15) is 5.26 Å². The van der Waals surface area contributed by atoms with Crippen LogP contribution in [-0.4, -0.2) is 30.8 Å². The number of nitriles is 1. The summed E-state index contributed by atoms with van der Waals surface area (Å²) in [5.74, 6) is 0.783. The Morgan fingerprint density at radius 3 is 2.33 bits per heavy atom. The van der Waals surface area contributed by atoms with E-state index in [2.05, 4.69) is 35.5 Å². The van der Waals surface area contributed by atoms with Gasteiger partial charge in [0.05, 0.1) is 18.2 Å². The normalized spacial score (nSPS) is 11.9. The van der Waals surface area contributed by atoms with Crippen molar-refractivity contribution >= 4 is 5.96 Å². The summed E-state index contributed by atoms with van der Waals surface area (Å²) in [4.78, 5) is 4.62. The topological polar surface area (TPSA) is 80.4 Å². The Bertz CT molecular complexity index is 541. The summed E-state index contributed by atoms with van der Waals surface area (Å²) in [6.07, 6.45) is 2.83. The zero-order valence-corrected chi connectivity index (χ0v) is 15.1. The fourth-order valence-corrected chi connectivity index (χ4v) is 2.65. The summed E-state index contributed by atoms with van der Waals surface area (Å²) in [6, 6.07) is 9.60. The number of benzene rings is 1. The van der Waals surface area contributed by atoms with Crippen molar-refractivity contribution in [2.24, 2.45) is 10.4 Å². The number of guanidine groups is 1. The van der Waals surface area contributed by atoms with E-state index in [-0.39, 0.29) is 12.0 Å². The lowest BCUT2D eigenvalue weighted by Crippen LogP contribution is -2.43. The van der Waals surface area contributed by atoms with Gasteiger partial charge in [0.2, 0.25) is 0 Å². The van der Waals surface area contributed by atoms with E-state index >= 15 is 0 Å². The van der Waals surface area contributed by atoms with Crippen LogP contribution in [0.3, 0.4) is 0 Å². The second kappa shape index (κ2) is 10.7. The molecule has 0 radical (unpaired) electrons. The van der Waals surface area contributed by atoms with E-state index in [1.54, 1.807) is 0 Å². The zero-order chi connectivity index (χ0) is 17.8. The average Bonchev–Trinajstić information content (AvgIpc) is 2.63. The van der Waals surface area contributed by atoms with E-state index in [9.17, 15) is 5.11 Å². The molecule has 0 spiro atoms. The summed E-state index contributed by atoms with van der Waals surface area (Å²) in [7, 11) is 0. The minimum Gasteiger partial charge on any atom is -0.396 e. The monoisotopic (exact) mass is 330 g/mol. The predicted octanol–water partition coefficient (Wildman–Crippen LogP) is 2.80. The number of aliphatic imine (C=N–C) groups is 1. The molecule has 1 rings (SSSR count). The number of hydrogen-bond donors (Lipinski definition) is 3. The molecule has 0 heterocycles. The molecule has 5 heteroatoms. The van der Waals surface area contributed by atoms with Crippen molar-refractivity contribution in [3.63, 3.8) is 0 Å². The van der Waals surface area contributed by atoms with E-state index in [0.717, 1.165) is 43.9 Å². The molecule has 0 aliphatic heterocycles. The molecule has 1 aromatic carbocycles. The van der Waals surface area contributed by atoms with Gasteiger partial charge in [-0.3, -0.25) is 0 Å². The highest BCUT2D eigenvalue weighted by molar-refractivity contribution is 5.79.